The van der Waals surface area contributed by atoms with Crippen molar-refractivity contribution < 1.29 is 22.7 Å². The quantitative estimate of drug-likeness (QED) is 0.352. The van der Waals surface area contributed by atoms with Crippen molar-refractivity contribution in [1.29, 1.82) is 0 Å². The summed E-state index contributed by atoms with van der Waals surface area (Å²) in [7, 11) is -4.15. The zero-order chi connectivity index (χ0) is 27.5. The minimum Gasteiger partial charge on any atom is -0.492 e. The standard InChI is InChI=1S/C29H35N3O5S/c1-4-25(29(34)30-5-2)31(21-23-15-9-7-10-16-23)28(33)22-32(26-19-13-14-20-27(26)37-6-3)38(35,36)24-17-11-8-12-18-24/h7-20,25H,4-6,21-22H2,1-3H3,(H,30,34)/t25-/m1/s1. The summed E-state index contributed by atoms with van der Waals surface area (Å²) >= 11 is 0. The Kier molecular flexibility index (Phi) is 10.3. The summed E-state index contributed by atoms with van der Waals surface area (Å²) in [5.74, 6) is -0.447. The zero-order valence-corrected chi connectivity index (χ0v) is 22.9. The molecule has 0 saturated carbocycles. The molecule has 0 aromatic heterocycles. The fraction of sp³-hybridized carbons (Fsp3) is 0.310. The van der Waals surface area contributed by atoms with E-state index in [1.807, 2.05) is 44.2 Å². The van der Waals surface area contributed by atoms with Crippen LogP contribution in [0.15, 0.2) is 89.8 Å². The summed E-state index contributed by atoms with van der Waals surface area (Å²) in [5, 5.41) is 2.80. The molecular formula is C29H35N3O5S. The van der Waals surface area contributed by atoms with Gasteiger partial charge in [-0.15, -0.1) is 0 Å². The minimum absolute atomic E-state index is 0.0458. The van der Waals surface area contributed by atoms with Crippen molar-refractivity contribution >= 4 is 27.5 Å². The number of ether oxygens (including phenoxy) is 1. The van der Waals surface area contributed by atoms with Crippen molar-refractivity contribution in [3.63, 3.8) is 0 Å². The maximum atomic E-state index is 14.0. The highest BCUT2D eigenvalue weighted by molar-refractivity contribution is 7.92. The minimum atomic E-state index is -4.15. The first-order chi connectivity index (χ1) is 18.3. The van der Waals surface area contributed by atoms with Gasteiger partial charge in [0, 0.05) is 13.1 Å². The molecule has 8 nitrogen and oxygen atoms in total. The van der Waals surface area contributed by atoms with Crippen LogP contribution in [-0.2, 0) is 26.2 Å². The molecule has 2 amide bonds. The third-order valence-corrected chi connectivity index (χ3v) is 7.75. The van der Waals surface area contributed by atoms with Gasteiger partial charge < -0.3 is 15.0 Å². The number of hydrogen-bond donors (Lipinski definition) is 1. The molecule has 3 aromatic carbocycles. The molecule has 0 bridgehead atoms. The Morgan fingerprint density at radius 1 is 0.868 bits per heavy atom. The molecule has 3 rings (SSSR count). The molecule has 3 aromatic rings. The summed E-state index contributed by atoms with van der Waals surface area (Å²) in [6.45, 7) is 5.82. The van der Waals surface area contributed by atoms with Crippen molar-refractivity contribution in [1.82, 2.24) is 10.2 Å². The summed E-state index contributed by atoms with van der Waals surface area (Å²) in [6, 6.07) is 23.2. The van der Waals surface area contributed by atoms with E-state index >= 15 is 0 Å². The molecule has 0 fully saturated rings. The third-order valence-electron chi connectivity index (χ3n) is 5.98. The van der Waals surface area contributed by atoms with Crippen LogP contribution in [0.2, 0.25) is 0 Å². The Morgan fingerprint density at radius 2 is 1.47 bits per heavy atom. The second-order valence-electron chi connectivity index (χ2n) is 8.55. The molecule has 9 heteroatoms. The number of amides is 2. The van der Waals surface area contributed by atoms with Crippen LogP contribution in [0.4, 0.5) is 5.69 Å². The van der Waals surface area contributed by atoms with Crippen LogP contribution < -0.4 is 14.4 Å². The van der Waals surface area contributed by atoms with E-state index in [1.165, 1.54) is 17.0 Å². The number of sulfonamides is 1. The molecular weight excluding hydrogens is 502 g/mol. The fourth-order valence-electron chi connectivity index (χ4n) is 4.17. The SMILES string of the molecule is CCNC(=O)[C@@H](CC)N(Cc1ccccc1)C(=O)CN(c1ccccc1OCC)S(=O)(=O)c1ccccc1. The molecule has 0 saturated heterocycles. The van der Waals surface area contributed by atoms with Crippen molar-refractivity contribution in [2.24, 2.45) is 0 Å². The van der Waals surface area contributed by atoms with Gasteiger partial charge in [0.05, 0.1) is 17.2 Å². The number of rotatable bonds is 13. The van der Waals surface area contributed by atoms with E-state index in [4.69, 9.17) is 4.74 Å². The third kappa shape index (κ3) is 6.92. The number of carbonyl (C=O) groups excluding carboxylic acids is 2. The van der Waals surface area contributed by atoms with Gasteiger partial charge in [-0.1, -0.05) is 67.6 Å². The van der Waals surface area contributed by atoms with Crippen LogP contribution >= 0.6 is 0 Å². The summed E-state index contributed by atoms with van der Waals surface area (Å²) in [6.07, 6.45) is 0.366. The smallest absolute Gasteiger partial charge is 0.264 e. The number of carbonyl (C=O) groups is 2. The van der Waals surface area contributed by atoms with Gasteiger partial charge >= 0.3 is 0 Å². The lowest BCUT2D eigenvalue weighted by molar-refractivity contribution is -0.140. The average molecular weight is 538 g/mol. The van der Waals surface area contributed by atoms with Gasteiger partial charge in [0.25, 0.3) is 10.0 Å². The molecule has 0 radical (unpaired) electrons. The summed E-state index contributed by atoms with van der Waals surface area (Å²) in [4.78, 5) is 28.5. The number of benzene rings is 3. The topological polar surface area (TPSA) is 96.0 Å². The van der Waals surface area contributed by atoms with Gasteiger partial charge in [0.1, 0.15) is 18.3 Å². The first-order valence-electron chi connectivity index (χ1n) is 12.7. The normalized spacial score (nSPS) is 11.9. The van der Waals surface area contributed by atoms with Crippen molar-refractivity contribution in [3.8, 4) is 5.75 Å². The monoisotopic (exact) mass is 537 g/mol. The van der Waals surface area contributed by atoms with Gasteiger partial charge in [-0.3, -0.25) is 13.9 Å². The first kappa shape index (κ1) is 28.7. The average Bonchev–Trinajstić information content (AvgIpc) is 2.93. The second-order valence-corrected chi connectivity index (χ2v) is 10.4. The van der Waals surface area contributed by atoms with Gasteiger partial charge in [0.15, 0.2) is 0 Å². The predicted octanol–water partition coefficient (Wildman–Crippen LogP) is 4.22. The van der Waals surface area contributed by atoms with E-state index in [0.29, 0.717) is 25.3 Å². The van der Waals surface area contributed by atoms with Crippen LogP contribution in [0.3, 0.4) is 0 Å². The Balaban J connectivity index is 2.09. The van der Waals surface area contributed by atoms with Crippen LogP contribution in [0.1, 0.15) is 32.8 Å². The van der Waals surface area contributed by atoms with Crippen LogP contribution in [0, 0.1) is 0 Å². The van der Waals surface area contributed by atoms with Crippen molar-refractivity contribution in [3.05, 3.63) is 90.5 Å². The Bertz CT molecular complexity index is 1300. The fourth-order valence-corrected chi connectivity index (χ4v) is 5.61. The van der Waals surface area contributed by atoms with Crippen molar-refractivity contribution in [2.45, 2.75) is 44.7 Å². The number of hydrogen-bond acceptors (Lipinski definition) is 5. The van der Waals surface area contributed by atoms with E-state index in [2.05, 4.69) is 5.32 Å². The second kappa shape index (κ2) is 13.6. The van der Waals surface area contributed by atoms with Crippen LogP contribution in [-0.4, -0.2) is 50.9 Å². The highest BCUT2D eigenvalue weighted by atomic mass is 32.2. The highest BCUT2D eigenvalue weighted by Crippen LogP contribution is 2.33. The molecule has 0 spiro atoms. The largest absolute Gasteiger partial charge is 0.492 e. The lowest BCUT2D eigenvalue weighted by Crippen LogP contribution is -2.52. The Morgan fingerprint density at radius 3 is 2.08 bits per heavy atom. The molecule has 0 unspecified atom stereocenters. The highest BCUT2D eigenvalue weighted by Gasteiger charge is 2.34. The van der Waals surface area contributed by atoms with Gasteiger partial charge in [-0.2, -0.15) is 0 Å². The van der Waals surface area contributed by atoms with Crippen molar-refractivity contribution in [2.75, 3.05) is 24.0 Å². The lowest BCUT2D eigenvalue weighted by atomic mass is 10.1. The number of anilines is 1. The zero-order valence-electron chi connectivity index (χ0n) is 22.0. The number of nitrogens with one attached hydrogen (secondary N) is 1. The molecule has 38 heavy (non-hydrogen) atoms. The summed E-state index contributed by atoms with van der Waals surface area (Å²) in [5.41, 5.74) is 1.08. The Hall–Kier alpha value is -3.85. The Labute approximate surface area is 225 Å². The molecule has 0 aliphatic carbocycles. The molecule has 202 valence electrons. The van der Waals surface area contributed by atoms with E-state index in [9.17, 15) is 18.0 Å². The first-order valence-corrected chi connectivity index (χ1v) is 14.2. The predicted molar refractivity (Wildman–Crippen MR) is 148 cm³/mol. The van der Waals surface area contributed by atoms with E-state index < -0.39 is 28.5 Å². The van der Waals surface area contributed by atoms with Crippen LogP contribution in [0.5, 0.6) is 5.75 Å². The molecule has 1 atom stereocenters. The van der Waals surface area contributed by atoms with Gasteiger partial charge in [-0.25, -0.2) is 8.42 Å². The summed E-state index contributed by atoms with van der Waals surface area (Å²) < 4.78 is 34.6. The molecule has 1 N–H and O–H groups in total. The number of likely N-dealkylation sites (N-methyl/N-ethyl adjacent to an activating group) is 1. The molecule has 0 aliphatic rings. The number of nitrogens with zero attached hydrogens (tertiary/aromatic N) is 2. The van der Waals surface area contributed by atoms with E-state index in [-0.39, 0.29) is 23.0 Å². The van der Waals surface area contributed by atoms with Crippen LogP contribution in [0.25, 0.3) is 0 Å². The molecule has 0 heterocycles. The van der Waals surface area contributed by atoms with Gasteiger partial charge in [0.2, 0.25) is 11.8 Å². The lowest BCUT2D eigenvalue weighted by Gasteiger charge is -2.33. The number of para-hydroxylation sites is 2. The maximum Gasteiger partial charge on any atom is 0.264 e. The maximum absolute atomic E-state index is 14.0. The van der Waals surface area contributed by atoms with Gasteiger partial charge in [-0.05, 0) is 50.1 Å². The van der Waals surface area contributed by atoms with E-state index in [0.717, 1.165) is 9.87 Å². The molecule has 0 aliphatic heterocycles. The van der Waals surface area contributed by atoms with E-state index in [1.54, 1.807) is 49.4 Å².